The van der Waals surface area contributed by atoms with E-state index in [-0.39, 0.29) is 17.7 Å². The monoisotopic (exact) mass is 315 g/mol. The molecule has 17 heavy (non-hydrogen) atoms. The number of hydrogen-bond donors (Lipinski definition) is 1. The average Bonchev–Trinajstić information content (AvgIpc) is 2.75. The van der Waals surface area contributed by atoms with Gasteiger partial charge in [0.1, 0.15) is 6.10 Å². The van der Waals surface area contributed by atoms with E-state index in [0.29, 0.717) is 6.54 Å². The van der Waals surface area contributed by atoms with Crippen LogP contribution in [0.5, 0.6) is 5.75 Å². The van der Waals surface area contributed by atoms with Gasteiger partial charge in [-0.1, -0.05) is 12.1 Å². The lowest BCUT2D eigenvalue weighted by Crippen LogP contribution is -2.17. The van der Waals surface area contributed by atoms with Crippen molar-refractivity contribution in [1.82, 2.24) is 0 Å². The van der Waals surface area contributed by atoms with Crippen LogP contribution in [0.25, 0.3) is 0 Å². The minimum absolute atomic E-state index is 0.229. The van der Waals surface area contributed by atoms with E-state index in [9.17, 15) is 4.39 Å². The average molecular weight is 316 g/mol. The Morgan fingerprint density at radius 1 is 1.29 bits per heavy atom. The molecule has 1 aromatic heterocycles. The largest absolute Gasteiger partial charge is 0.480 e. The van der Waals surface area contributed by atoms with Gasteiger partial charge in [0.2, 0.25) is 0 Å². The third-order valence-electron chi connectivity index (χ3n) is 2.23. The molecule has 90 valence electrons. The van der Waals surface area contributed by atoms with Gasteiger partial charge in [-0.3, -0.25) is 0 Å². The molecular formula is C12H11BrFNOS. The van der Waals surface area contributed by atoms with Crippen LogP contribution >= 0.6 is 27.3 Å². The molecule has 1 atom stereocenters. The van der Waals surface area contributed by atoms with Crippen molar-refractivity contribution in [1.29, 1.82) is 0 Å². The molecule has 0 aliphatic carbocycles. The van der Waals surface area contributed by atoms with Gasteiger partial charge in [0.05, 0.1) is 3.79 Å². The number of thiophene rings is 1. The maximum absolute atomic E-state index is 13.4. The zero-order valence-electron chi connectivity index (χ0n) is 8.90. The first-order chi connectivity index (χ1) is 8.20. The first-order valence-electron chi connectivity index (χ1n) is 5.07. The van der Waals surface area contributed by atoms with Crippen molar-refractivity contribution in [3.8, 4) is 5.75 Å². The van der Waals surface area contributed by atoms with Crippen LogP contribution < -0.4 is 10.5 Å². The summed E-state index contributed by atoms with van der Waals surface area (Å²) in [5, 5.41) is 0. The predicted molar refractivity (Wildman–Crippen MR) is 70.8 cm³/mol. The molecule has 0 saturated heterocycles. The van der Waals surface area contributed by atoms with Crippen LogP contribution in [-0.4, -0.2) is 6.54 Å². The Bertz CT molecular complexity index is 503. The lowest BCUT2D eigenvalue weighted by molar-refractivity contribution is 0.208. The Balaban J connectivity index is 2.18. The topological polar surface area (TPSA) is 35.2 Å². The van der Waals surface area contributed by atoms with E-state index in [1.807, 2.05) is 12.1 Å². The number of ether oxygens (including phenoxy) is 1. The van der Waals surface area contributed by atoms with Gasteiger partial charge in [-0.05, 0) is 40.2 Å². The van der Waals surface area contributed by atoms with Gasteiger partial charge in [-0.2, -0.15) is 0 Å². The molecule has 0 aliphatic rings. The number of para-hydroxylation sites is 1. The number of rotatable bonds is 4. The van der Waals surface area contributed by atoms with Crippen molar-refractivity contribution < 1.29 is 9.13 Å². The van der Waals surface area contributed by atoms with Gasteiger partial charge in [0.25, 0.3) is 0 Å². The van der Waals surface area contributed by atoms with E-state index >= 15 is 0 Å². The van der Waals surface area contributed by atoms with Crippen molar-refractivity contribution in [2.45, 2.75) is 6.10 Å². The van der Waals surface area contributed by atoms with Crippen molar-refractivity contribution in [2.24, 2.45) is 5.73 Å². The summed E-state index contributed by atoms with van der Waals surface area (Å²) in [6.07, 6.45) is -0.316. The van der Waals surface area contributed by atoms with Crippen LogP contribution in [0.4, 0.5) is 4.39 Å². The Morgan fingerprint density at radius 3 is 2.65 bits per heavy atom. The van der Waals surface area contributed by atoms with Crippen LogP contribution in [0.2, 0.25) is 0 Å². The zero-order chi connectivity index (χ0) is 12.3. The summed E-state index contributed by atoms with van der Waals surface area (Å²) in [6.45, 7) is 0.307. The van der Waals surface area contributed by atoms with Crippen molar-refractivity contribution in [2.75, 3.05) is 6.54 Å². The summed E-state index contributed by atoms with van der Waals surface area (Å²) < 4.78 is 20.0. The fraction of sp³-hybridized carbons (Fsp3) is 0.167. The lowest BCUT2D eigenvalue weighted by atomic mass is 10.3. The molecule has 2 nitrogen and oxygen atoms in total. The molecule has 0 aliphatic heterocycles. The Morgan fingerprint density at radius 2 is 2.06 bits per heavy atom. The quantitative estimate of drug-likeness (QED) is 0.933. The minimum Gasteiger partial charge on any atom is -0.480 e. The molecule has 2 N–H and O–H groups in total. The molecule has 0 radical (unpaired) electrons. The number of nitrogens with two attached hydrogens (primary N) is 1. The second-order valence-electron chi connectivity index (χ2n) is 3.41. The smallest absolute Gasteiger partial charge is 0.165 e. The van der Waals surface area contributed by atoms with Gasteiger partial charge in [0.15, 0.2) is 11.6 Å². The van der Waals surface area contributed by atoms with E-state index in [0.717, 1.165) is 8.66 Å². The summed E-state index contributed by atoms with van der Waals surface area (Å²) in [4.78, 5) is 0.975. The number of hydrogen-bond acceptors (Lipinski definition) is 3. The highest BCUT2D eigenvalue weighted by molar-refractivity contribution is 9.11. The second-order valence-corrected chi connectivity index (χ2v) is 5.91. The van der Waals surface area contributed by atoms with Crippen LogP contribution in [0.15, 0.2) is 40.2 Å². The molecule has 0 spiro atoms. The Kier molecular flexibility index (Phi) is 4.15. The highest BCUT2D eigenvalue weighted by atomic mass is 79.9. The summed E-state index contributed by atoms with van der Waals surface area (Å²) in [5.74, 6) is -0.144. The van der Waals surface area contributed by atoms with Crippen molar-refractivity contribution in [3.05, 3.63) is 50.9 Å². The molecule has 1 aromatic carbocycles. The van der Waals surface area contributed by atoms with Gasteiger partial charge >= 0.3 is 0 Å². The molecule has 0 amide bonds. The lowest BCUT2D eigenvalue weighted by Gasteiger charge is -2.16. The molecule has 2 aromatic rings. The second kappa shape index (κ2) is 5.62. The highest BCUT2D eigenvalue weighted by Crippen LogP contribution is 2.30. The molecule has 2 rings (SSSR count). The van der Waals surface area contributed by atoms with E-state index in [4.69, 9.17) is 10.5 Å². The summed E-state index contributed by atoms with van der Waals surface area (Å²) in [5.41, 5.74) is 5.66. The third-order valence-corrected chi connectivity index (χ3v) is 3.95. The van der Waals surface area contributed by atoms with Gasteiger partial charge < -0.3 is 10.5 Å². The molecule has 1 unspecified atom stereocenters. The Hall–Kier alpha value is -0.910. The van der Waals surface area contributed by atoms with E-state index in [1.165, 1.54) is 17.4 Å². The molecular weight excluding hydrogens is 305 g/mol. The third kappa shape index (κ3) is 3.06. The molecule has 0 saturated carbocycles. The number of benzene rings is 1. The molecule has 0 fully saturated rings. The van der Waals surface area contributed by atoms with E-state index < -0.39 is 0 Å². The van der Waals surface area contributed by atoms with Gasteiger partial charge in [0, 0.05) is 11.4 Å². The molecule has 1 heterocycles. The highest BCUT2D eigenvalue weighted by Gasteiger charge is 2.15. The normalized spacial score (nSPS) is 12.4. The van der Waals surface area contributed by atoms with Crippen LogP contribution in [-0.2, 0) is 0 Å². The van der Waals surface area contributed by atoms with E-state index in [1.54, 1.807) is 18.2 Å². The standard InChI is InChI=1S/C12H11BrFNOS/c13-12-6-5-11(17-12)10(7-15)16-9-4-2-1-3-8(9)14/h1-6,10H,7,15H2. The van der Waals surface area contributed by atoms with Crippen LogP contribution in [0.1, 0.15) is 11.0 Å². The summed E-state index contributed by atoms with van der Waals surface area (Å²) in [7, 11) is 0. The van der Waals surface area contributed by atoms with E-state index in [2.05, 4.69) is 15.9 Å². The SMILES string of the molecule is NCC(Oc1ccccc1F)c1ccc(Br)s1. The number of halogens is 2. The molecule has 0 bridgehead atoms. The van der Waals surface area contributed by atoms with Crippen molar-refractivity contribution >= 4 is 27.3 Å². The fourth-order valence-electron chi connectivity index (χ4n) is 1.42. The van der Waals surface area contributed by atoms with Crippen LogP contribution in [0, 0.1) is 5.82 Å². The Labute approximate surface area is 111 Å². The minimum atomic E-state index is -0.374. The zero-order valence-corrected chi connectivity index (χ0v) is 11.3. The molecule has 5 heteroatoms. The first kappa shape index (κ1) is 12.5. The first-order valence-corrected chi connectivity index (χ1v) is 6.68. The van der Waals surface area contributed by atoms with Crippen molar-refractivity contribution in [3.63, 3.8) is 0 Å². The summed E-state index contributed by atoms with van der Waals surface area (Å²) in [6, 6.07) is 10.2. The van der Waals surface area contributed by atoms with Gasteiger partial charge in [-0.25, -0.2) is 4.39 Å². The maximum atomic E-state index is 13.4. The fourth-order valence-corrected chi connectivity index (χ4v) is 2.88. The summed E-state index contributed by atoms with van der Waals surface area (Å²) >= 11 is 4.91. The van der Waals surface area contributed by atoms with Crippen LogP contribution in [0.3, 0.4) is 0 Å². The predicted octanol–water partition coefficient (Wildman–Crippen LogP) is 3.73. The maximum Gasteiger partial charge on any atom is 0.165 e. The van der Waals surface area contributed by atoms with Gasteiger partial charge in [-0.15, -0.1) is 11.3 Å².